The lowest BCUT2D eigenvalue weighted by Crippen LogP contribution is -2.34. The Bertz CT molecular complexity index is 319. The quantitative estimate of drug-likeness (QED) is 0.692. The predicted octanol–water partition coefficient (Wildman–Crippen LogP) is 1.88. The van der Waals surface area contributed by atoms with Gasteiger partial charge in [-0.15, -0.1) is 0 Å². The van der Waals surface area contributed by atoms with Gasteiger partial charge in [-0.3, -0.25) is 0 Å². The number of rotatable bonds is 1. The highest BCUT2D eigenvalue weighted by Gasteiger charge is 2.31. The Morgan fingerprint density at radius 2 is 2.00 bits per heavy atom. The first-order chi connectivity index (χ1) is 6.71. The molecule has 1 saturated heterocycles. The maximum atomic E-state index is 5.71. The molecule has 2 N–H and O–H groups in total. The molecule has 3 nitrogen and oxygen atoms in total. The van der Waals surface area contributed by atoms with Crippen LogP contribution in [-0.2, 0) is 15.3 Å². The second-order valence-electron chi connectivity index (χ2n) is 3.62. The van der Waals surface area contributed by atoms with Crippen LogP contribution in [0, 0.1) is 0 Å². The summed E-state index contributed by atoms with van der Waals surface area (Å²) in [4.78, 5) is 0. The first kappa shape index (κ1) is 9.49. The summed E-state index contributed by atoms with van der Waals surface area (Å²) in [5.74, 6) is -0.617. The second-order valence-corrected chi connectivity index (χ2v) is 3.62. The zero-order valence-electron chi connectivity index (χ0n) is 8.32. The van der Waals surface area contributed by atoms with E-state index in [1.807, 2.05) is 31.2 Å². The zero-order valence-corrected chi connectivity index (χ0v) is 8.32. The lowest BCUT2D eigenvalue weighted by Gasteiger charge is -2.34. The van der Waals surface area contributed by atoms with Crippen molar-refractivity contribution in [2.24, 2.45) is 0 Å². The first-order valence-electron chi connectivity index (χ1n) is 4.85. The fourth-order valence-electron chi connectivity index (χ4n) is 1.62. The van der Waals surface area contributed by atoms with E-state index in [1.54, 1.807) is 0 Å². The van der Waals surface area contributed by atoms with Gasteiger partial charge in [0.2, 0.25) is 0 Å². The fourth-order valence-corrected chi connectivity index (χ4v) is 1.62. The molecular weight excluding hydrogens is 178 g/mol. The molecule has 1 fully saturated rings. The topological polar surface area (TPSA) is 44.5 Å². The average molecular weight is 193 g/mol. The monoisotopic (exact) mass is 193 g/mol. The summed E-state index contributed by atoms with van der Waals surface area (Å²) in [6.45, 7) is 3.41. The summed E-state index contributed by atoms with van der Waals surface area (Å²) < 4.78 is 11.3. The van der Waals surface area contributed by atoms with E-state index in [1.165, 1.54) is 0 Å². The molecule has 1 aromatic carbocycles. The normalized spacial score (nSPS) is 20.6. The predicted molar refractivity (Wildman–Crippen MR) is 54.7 cm³/mol. The van der Waals surface area contributed by atoms with Crippen LogP contribution in [0.5, 0.6) is 0 Å². The first-order valence-corrected chi connectivity index (χ1v) is 4.85. The molecule has 0 bridgehead atoms. The van der Waals surface area contributed by atoms with Gasteiger partial charge in [0.05, 0.1) is 13.2 Å². The minimum Gasteiger partial charge on any atom is -0.399 e. The van der Waals surface area contributed by atoms with Crippen LogP contribution >= 0.6 is 0 Å². The summed E-state index contributed by atoms with van der Waals surface area (Å²) in [5.41, 5.74) is 7.43. The molecule has 1 aliphatic rings. The van der Waals surface area contributed by atoms with Crippen LogP contribution < -0.4 is 5.73 Å². The van der Waals surface area contributed by atoms with Gasteiger partial charge in [-0.2, -0.15) is 0 Å². The molecule has 0 aliphatic carbocycles. The van der Waals surface area contributed by atoms with E-state index in [0.717, 1.165) is 30.9 Å². The van der Waals surface area contributed by atoms with Gasteiger partial charge in [-0.25, -0.2) is 0 Å². The maximum absolute atomic E-state index is 5.71. The standard InChI is InChI=1S/C11H15NO2/c1-11(13-6-3-7-14-11)9-4-2-5-10(12)8-9/h2,4-5,8H,3,6-7,12H2,1H3. The van der Waals surface area contributed by atoms with Crippen LogP contribution in [0.25, 0.3) is 0 Å². The summed E-state index contributed by atoms with van der Waals surface area (Å²) in [6.07, 6.45) is 0.956. The van der Waals surface area contributed by atoms with Gasteiger partial charge < -0.3 is 15.2 Å². The highest BCUT2D eigenvalue weighted by molar-refractivity contribution is 5.42. The van der Waals surface area contributed by atoms with E-state index in [9.17, 15) is 0 Å². The smallest absolute Gasteiger partial charge is 0.191 e. The van der Waals surface area contributed by atoms with E-state index >= 15 is 0 Å². The molecule has 0 unspecified atom stereocenters. The molecule has 1 aliphatic heterocycles. The molecule has 2 rings (SSSR count). The van der Waals surface area contributed by atoms with Crippen molar-refractivity contribution in [1.29, 1.82) is 0 Å². The molecule has 1 aromatic rings. The number of ether oxygens (including phenoxy) is 2. The molecule has 0 radical (unpaired) electrons. The third kappa shape index (κ3) is 1.74. The van der Waals surface area contributed by atoms with E-state index < -0.39 is 5.79 Å². The Morgan fingerprint density at radius 1 is 1.29 bits per heavy atom. The summed E-state index contributed by atoms with van der Waals surface area (Å²) in [5, 5.41) is 0. The van der Waals surface area contributed by atoms with E-state index in [0.29, 0.717) is 0 Å². The fraction of sp³-hybridized carbons (Fsp3) is 0.455. The highest BCUT2D eigenvalue weighted by Crippen LogP contribution is 2.30. The molecule has 3 heteroatoms. The second kappa shape index (κ2) is 3.59. The van der Waals surface area contributed by atoms with Gasteiger partial charge in [-0.05, 0) is 25.5 Å². The van der Waals surface area contributed by atoms with Crippen molar-refractivity contribution in [1.82, 2.24) is 0 Å². The zero-order chi connectivity index (χ0) is 10.0. The molecule has 0 atom stereocenters. The molecule has 0 spiro atoms. The maximum Gasteiger partial charge on any atom is 0.191 e. The van der Waals surface area contributed by atoms with Crippen molar-refractivity contribution in [3.8, 4) is 0 Å². The number of anilines is 1. The molecular formula is C11H15NO2. The number of nitrogen functional groups attached to an aromatic ring is 1. The Kier molecular flexibility index (Phi) is 2.44. The average Bonchev–Trinajstić information content (AvgIpc) is 2.19. The van der Waals surface area contributed by atoms with Gasteiger partial charge in [0.15, 0.2) is 5.79 Å². The van der Waals surface area contributed by atoms with Crippen molar-refractivity contribution in [2.45, 2.75) is 19.1 Å². The van der Waals surface area contributed by atoms with Crippen LogP contribution in [0.15, 0.2) is 24.3 Å². The molecule has 1 heterocycles. The third-order valence-corrected chi connectivity index (χ3v) is 2.45. The van der Waals surface area contributed by atoms with Crippen molar-refractivity contribution >= 4 is 5.69 Å². The number of nitrogens with two attached hydrogens (primary N) is 1. The highest BCUT2D eigenvalue weighted by atomic mass is 16.7. The van der Waals surface area contributed by atoms with E-state index in [2.05, 4.69) is 0 Å². The van der Waals surface area contributed by atoms with Gasteiger partial charge in [0.25, 0.3) is 0 Å². The SMILES string of the molecule is CC1(c2cccc(N)c2)OCCCO1. The van der Waals surface area contributed by atoms with Crippen LogP contribution in [0.1, 0.15) is 18.9 Å². The van der Waals surface area contributed by atoms with Crippen LogP contribution in [0.4, 0.5) is 5.69 Å². The molecule has 0 saturated carbocycles. The third-order valence-electron chi connectivity index (χ3n) is 2.45. The minimum atomic E-state index is -0.617. The van der Waals surface area contributed by atoms with E-state index in [4.69, 9.17) is 15.2 Å². The lowest BCUT2D eigenvalue weighted by molar-refractivity contribution is -0.264. The number of hydrogen-bond donors (Lipinski definition) is 1. The van der Waals surface area contributed by atoms with Gasteiger partial charge in [0, 0.05) is 11.3 Å². The Balaban J connectivity index is 2.28. The van der Waals surface area contributed by atoms with Gasteiger partial charge in [-0.1, -0.05) is 12.1 Å². The molecule has 76 valence electrons. The Labute approximate surface area is 83.8 Å². The number of benzene rings is 1. The summed E-state index contributed by atoms with van der Waals surface area (Å²) >= 11 is 0. The lowest BCUT2D eigenvalue weighted by atomic mass is 10.1. The van der Waals surface area contributed by atoms with E-state index in [-0.39, 0.29) is 0 Å². The molecule has 0 aromatic heterocycles. The Morgan fingerprint density at radius 3 is 2.64 bits per heavy atom. The van der Waals surface area contributed by atoms with Crippen LogP contribution in [0.2, 0.25) is 0 Å². The Hall–Kier alpha value is -1.06. The largest absolute Gasteiger partial charge is 0.399 e. The van der Waals surface area contributed by atoms with Crippen molar-refractivity contribution in [3.63, 3.8) is 0 Å². The summed E-state index contributed by atoms with van der Waals surface area (Å²) in [7, 11) is 0. The van der Waals surface area contributed by atoms with Crippen LogP contribution in [0.3, 0.4) is 0 Å². The van der Waals surface area contributed by atoms with Crippen molar-refractivity contribution in [3.05, 3.63) is 29.8 Å². The number of hydrogen-bond acceptors (Lipinski definition) is 3. The van der Waals surface area contributed by atoms with Crippen molar-refractivity contribution < 1.29 is 9.47 Å². The van der Waals surface area contributed by atoms with Crippen molar-refractivity contribution in [2.75, 3.05) is 18.9 Å². The molecule has 14 heavy (non-hydrogen) atoms. The molecule has 0 amide bonds. The van der Waals surface area contributed by atoms with Crippen LogP contribution in [-0.4, -0.2) is 13.2 Å². The van der Waals surface area contributed by atoms with Gasteiger partial charge >= 0.3 is 0 Å². The summed E-state index contributed by atoms with van der Waals surface area (Å²) in [6, 6.07) is 7.64. The minimum absolute atomic E-state index is 0.617. The van der Waals surface area contributed by atoms with Gasteiger partial charge in [0.1, 0.15) is 0 Å².